The van der Waals surface area contributed by atoms with E-state index in [0.29, 0.717) is 0 Å². The zero-order valence-electron chi connectivity index (χ0n) is 23.3. The van der Waals surface area contributed by atoms with Crippen LogP contribution in [-0.4, -0.2) is 36.4 Å². The van der Waals surface area contributed by atoms with Gasteiger partial charge in [0.05, 0.1) is 0 Å². The number of unbranched alkanes of at least 4 members (excludes halogenated alkanes) is 12. The first-order valence-corrected chi connectivity index (χ1v) is 15.6. The molecule has 0 fully saturated rings. The standard InChI is InChI=1S/C30H46O3.Li.H2O4S.H/c1-3-5-7-9-11-13-15-21-27-23-17-19-25-29(27)31-33-32-30-26-20-18-24-28(30)22-16-14-12-10-8-6-4-2;;1-5(2,3)4;/h17-20,23-26H,3-16,21-22H2,1-2H3;;(H2,1,2,3,4);. The molecule has 0 aromatic heterocycles. The molecule has 0 aliphatic rings. The molecule has 0 aliphatic carbocycles. The third-order valence-electron chi connectivity index (χ3n) is 6.29. The molecule has 2 aromatic rings. The molecule has 2 rings (SSSR count). The van der Waals surface area contributed by atoms with Crippen LogP contribution in [0.3, 0.4) is 0 Å². The SMILES string of the molecule is CCCCCCCCCc1ccccc1OOOc1ccccc1CCCCCCCCC.O=S(=O)(O)O.[LiH]. The van der Waals surface area contributed by atoms with Crippen LogP contribution in [0.15, 0.2) is 48.5 Å². The molecule has 218 valence electrons. The molecule has 7 nitrogen and oxygen atoms in total. The maximum absolute atomic E-state index is 8.74. The fourth-order valence-corrected chi connectivity index (χ4v) is 4.22. The van der Waals surface area contributed by atoms with Gasteiger partial charge in [-0.2, -0.15) is 8.42 Å². The predicted octanol–water partition coefficient (Wildman–Crippen LogP) is 8.28. The van der Waals surface area contributed by atoms with E-state index < -0.39 is 10.4 Å². The van der Waals surface area contributed by atoms with Crippen molar-refractivity contribution < 1.29 is 32.3 Å². The molecular weight excluding hydrogens is 511 g/mol. The van der Waals surface area contributed by atoms with E-state index >= 15 is 0 Å². The first-order chi connectivity index (χ1) is 18.3. The quantitative estimate of drug-likeness (QED) is 0.0552. The van der Waals surface area contributed by atoms with E-state index in [1.807, 2.05) is 24.3 Å². The number of hydrogen-bond donors (Lipinski definition) is 2. The van der Waals surface area contributed by atoms with E-state index in [1.165, 1.54) is 101 Å². The van der Waals surface area contributed by atoms with Crippen molar-refractivity contribution in [2.45, 2.75) is 117 Å². The summed E-state index contributed by atoms with van der Waals surface area (Å²) in [6, 6.07) is 16.2. The monoisotopic (exact) mass is 560 g/mol. The van der Waals surface area contributed by atoms with Crippen molar-refractivity contribution in [2.24, 2.45) is 0 Å². The number of hydrogen-bond acceptors (Lipinski definition) is 5. The molecule has 0 spiro atoms. The summed E-state index contributed by atoms with van der Waals surface area (Å²) in [6.07, 6.45) is 20.3. The van der Waals surface area contributed by atoms with Crippen molar-refractivity contribution in [3.05, 3.63) is 59.7 Å². The van der Waals surface area contributed by atoms with Gasteiger partial charge in [0.25, 0.3) is 0 Å². The molecule has 0 amide bonds. The van der Waals surface area contributed by atoms with Crippen LogP contribution >= 0.6 is 0 Å². The van der Waals surface area contributed by atoms with Crippen LogP contribution in [0.4, 0.5) is 0 Å². The Morgan fingerprint density at radius 2 is 0.872 bits per heavy atom. The number of para-hydroxylation sites is 2. The Labute approximate surface area is 248 Å². The van der Waals surface area contributed by atoms with E-state index in [9.17, 15) is 0 Å². The van der Waals surface area contributed by atoms with Crippen LogP contribution in [0.5, 0.6) is 11.5 Å². The number of benzene rings is 2. The second-order valence-corrected chi connectivity index (χ2v) is 10.5. The Kier molecular flexibility index (Phi) is 23.3. The van der Waals surface area contributed by atoms with E-state index in [0.717, 1.165) is 24.3 Å². The summed E-state index contributed by atoms with van der Waals surface area (Å²) in [5, 5.41) is 5.23. The van der Waals surface area contributed by atoms with Gasteiger partial charge < -0.3 is 0 Å². The van der Waals surface area contributed by atoms with Crippen molar-refractivity contribution in [1.29, 1.82) is 0 Å². The van der Waals surface area contributed by atoms with Gasteiger partial charge in [-0.3, -0.25) is 18.9 Å². The molecule has 0 saturated heterocycles. The van der Waals surface area contributed by atoms with Gasteiger partial charge in [0, 0.05) is 5.04 Å². The second-order valence-electron chi connectivity index (χ2n) is 9.64. The fourth-order valence-electron chi connectivity index (χ4n) is 4.22. The first kappa shape index (κ1) is 37.5. The fraction of sp³-hybridized carbons (Fsp3) is 0.600. The molecule has 2 aromatic carbocycles. The Balaban J connectivity index is 0.00000220. The summed E-state index contributed by atoms with van der Waals surface area (Å²) in [7, 11) is -4.67. The van der Waals surface area contributed by atoms with Crippen molar-refractivity contribution in [3.63, 3.8) is 0 Å². The number of rotatable bonds is 20. The third kappa shape index (κ3) is 21.9. The zero-order chi connectivity index (χ0) is 27.9. The summed E-state index contributed by atoms with van der Waals surface area (Å²) in [5.74, 6) is 1.49. The molecular formula is C30H49LiO7S. The zero-order valence-corrected chi connectivity index (χ0v) is 24.1. The van der Waals surface area contributed by atoms with E-state index in [4.69, 9.17) is 32.3 Å². The molecule has 0 atom stereocenters. The van der Waals surface area contributed by atoms with Crippen molar-refractivity contribution in [1.82, 2.24) is 0 Å². The van der Waals surface area contributed by atoms with Crippen LogP contribution in [0, 0.1) is 0 Å². The molecule has 0 aliphatic heterocycles. The average molecular weight is 561 g/mol. The van der Waals surface area contributed by atoms with Crippen LogP contribution in [-0.2, 0) is 28.3 Å². The van der Waals surface area contributed by atoms with Gasteiger partial charge in [-0.15, -0.1) is 0 Å². The van der Waals surface area contributed by atoms with Gasteiger partial charge in [0.2, 0.25) is 0 Å². The molecule has 0 heterocycles. The molecule has 2 N–H and O–H groups in total. The molecule has 0 saturated carbocycles. The number of aryl methyl sites for hydroxylation is 2. The summed E-state index contributed by atoms with van der Waals surface area (Å²) in [6.45, 7) is 4.52. The Bertz CT molecular complexity index is 884. The average Bonchev–Trinajstić information content (AvgIpc) is 2.88. The topological polar surface area (TPSA) is 102 Å². The minimum absolute atomic E-state index is 0. The minimum atomic E-state index is -4.67. The summed E-state index contributed by atoms with van der Waals surface area (Å²) in [5.41, 5.74) is 2.34. The third-order valence-corrected chi connectivity index (χ3v) is 6.29. The molecule has 0 bridgehead atoms. The van der Waals surface area contributed by atoms with E-state index in [2.05, 4.69) is 38.1 Å². The second kappa shape index (κ2) is 24.3. The Morgan fingerprint density at radius 3 is 1.23 bits per heavy atom. The van der Waals surface area contributed by atoms with Crippen LogP contribution in [0.1, 0.15) is 115 Å². The van der Waals surface area contributed by atoms with Gasteiger partial charge >= 0.3 is 29.3 Å². The molecule has 39 heavy (non-hydrogen) atoms. The molecule has 9 heteroatoms. The van der Waals surface area contributed by atoms with Gasteiger partial charge in [0.15, 0.2) is 11.5 Å². The normalized spacial score (nSPS) is 10.8. The summed E-state index contributed by atoms with van der Waals surface area (Å²) >= 11 is 0. The van der Waals surface area contributed by atoms with Gasteiger partial charge in [-0.05, 0) is 48.9 Å². The van der Waals surface area contributed by atoms with Crippen molar-refractivity contribution >= 4 is 29.3 Å². The van der Waals surface area contributed by atoms with Gasteiger partial charge in [-0.1, -0.05) is 127 Å². The Hall–Kier alpha value is -1.53. The summed E-state index contributed by atoms with van der Waals surface area (Å²) < 4.78 is 31.6. The Morgan fingerprint density at radius 1 is 0.564 bits per heavy atom. The molecule has 0 unspecified atom stereocenters. The van der Waals surface area contributed by atoms with Gasteiger partial charge in [0.1, 0.15) is 0 Å². The maximum atomic E-state index is 8.74. The van der Waals surface area contributed by atoms with E-state index in [-0.39, 0.29) is 18.9 Å². The van der Waals surface area contributed by atoms with Gasteiger partial charge in [-0.25, -0.2) is 0 Å². The van der Waals surface area contributed by atoms with Crippen LogP contribution < -0.4 is 9.78 Å². The van der Waals surface area contributed by atoms with Crippen molar-refractivity contribution in [2.75, 3.05) is 0 Å². The summed E-state index contributed by atoms with van der Waals surface area (Å²) in [4.78, 5) is 11.1. The predicted molar refractivity (Wildman–Crippen MR) is 160 cm³/mol. The van der Waals surface area contributed by atoms with Crippen LogP contribution in [0.2, 0.25) is 0 Å². The van der Waals surface area contributed by atoms with Crippen molar-refractivity contribution in [3.8, 4) is 11.5 Å². The first-order valence-electron chi connectivity index (χ1n) is 14.2. The van der Waals surface area contributed by atoms with E-state index in [1.54, 1.807) is 0 Å². The van der Waals surface area contributed by atoms with Crippen LogP contribution in [0.25, 0.3) is 0 Å². The molecule has 0 radical (unpaired) electrons.